The molecule has 118 valence electrons. The summed E-state index contributed by atoms with van der Waals surface area (Å²) < 4.78 is 7.40. The number of benzene rings is 2. The van der Waals surface area contributed by atoms with Crippen molar-refractivity contribution in [3.05, 3.63) is 69.2 Å². The highest BCUT2D eigenvalue weighted by Crippen LogP contribution is 2.22. The third-order valence-corrected chi connectivity index (χ3v) is 4.01. The lowest BCUT2D eigenvalue weighted by atomic mass is 10.1. The molecule has 0 aliphatic heterocycles. The first kappa shape index (κ1) is 15.6. The fourth-order valence-corrected chi connectivity index (χ4v) is 2.74. The van der Waals surface area contributed by atoms with Gasteiger partial charge in [0.2, 0.25) is 0 Å². The second-order valence-electron chi connectivity index (χ2n) is 5.47. The largest absolute Gasteiger partial charge is 0.491 e. The predicted molar refractivity (Wildman–Crippen MR) is 92.4 cm³/mol. The number of fused-ring (bicyclic) bond motifs is 1. The first-order valence-corrected chi connectivity index (χ1v) is 7.78. The highest BCUT2D eigenvalue weighted by Gasteiger charge is 2.06. The van der Waals surface area contributed by atoms with Gasteiger partial charge in [0, 0.05) is 5.02 Å². The summed E-state index contributed by atoms with van der Waals surface area (Å²) in [5.74, 6) is 0.873. The van der Waals surface area contributed by atoms with Gasteiger partial charge in [0.1, 0.15) is 12.4 Å². The molecule has 0 saturated heterocycles. The quantitative estimate of drug-likeness (QED) is 0.732. The first-order valence-electron chi connectivity index (χ1n) is 7.40. The predicted octanol–water partition coefficient (Wildman–Crippen LogP) is 3.75. The smallest absolute Gasteiger partial charge is 0.261 e. The standard InChI is InChI=1S/C18H17ClN2O2/c1-12-4-3-5-13(2)17(12)23-9-8-21-11-20-16-7-6-14(19)10-15(16)18(21)22/h3-7,10-11H,8-9H2,1-2H3. The summed E-state index contributed by atoms with van der Waals surface area (Å²) in [5.41, 5.74) is 2.70. The van der Waals surface area contributed by atoms with E-state index >= 15 is 0 Å². The molecule has 23 heavy (non-hydrogen) atoms. The van der Waals surface area contributed by atoms with Crippen molar-refractivity contribution in [1.82, 2.24) is 9.55 Å². The average molecular weight is 329 g/mol. The maximum absolute atomic E-state index is 12.5. The zero-order chi connectivity index (χ0) is 16.4. The van der Waals surface area contributed by atoms with Crippen LogP contribution in [0.25, 0.3) is 10.9 Å². The Labute approximate surface area is 139 Å². The topological polar surface area (TPSA) is 44.1 Å². The second kappa shape index (κ2) is 6.42. The fourth-order valence-electron chi connectivity index (χ4n) is 2.56. The van der Waals surface area contributed by atoms with E-state index in [2.05, 4.69) is 4.98 Å². The molecule has 0 bridgehead atoms. The molecule has 1 heterocycles. The summed E-state index contributed by atoms with van der Waals surface area (Å²) in [6.07, 6.45) is 1.55. The van der Waals surface area contributed by atoms with Crippen LogP contribution in [0.1, 0.15) is 11.1 Å². The van der Waals surface area contributed by atoms with Crippen LogP contribution in [-0.4, -0.2) is 16.2 Å². The molecule has 0 spiro atoms. The Kier molecular flexibility index (Phi) is 4.35. The molecule has 0 radical (unpaired) electrons. The van der Waals surface area contributed by atoms with Crippen LogP contribution in [-0.2, 0) is 6.54 Å². The summed E-state index contributed by atoms with van der Waals surface area (Å²) in [5, 5.41) is 1.05. The monoisotopic (exact) mass is 328 g/mol. The van der Waals surface area contributed by atoms with E-state index in [1.54, 1.807) is 29.1 Å². The van der Waals surface area contributed by atoms with E-state index in [-0.39, 0.29) is 5.56 Å². The number of nitrogens with zero attached hydrogens (tertiary/aromatic N) is 2. The summed E-state index contributed by atoms with van der Waals surface area (Å²) in [6.45, 7) is 4.85. The highest BCUT2D eigenvalue weighted by atomic mass is 35.5. The maximum Gasteiger partial charge on any atom is 0.261 e. The van der Waals surface area contributed by atoms with Gasteiger partial charge < -0.3 is 4.74 Å². The number of hydrogen-bond acceptors (Lipinski definition) is 3. The Balaban J connectivity index is 1.80. The lowest BCUT2D eigenvalue weighted by Crippen LogP contribution is -2.23. The second-order valence-corrected chi connectivity index (χ2v) is 5.91. The van der Waals surface area contributed by atoms with Crippen LogP contribution in [0.3, 0.4) is 0 Å². The Bertz CT molecular complexity index is 898. The van der Waals surface area contributed by atoms with Gasteiger partial charge in [-0.2, -0.15) is 0 Å². The van der Waals surface area contributed by atoms with E-state index in [1.807, 2.05) is 32.0 Å². The van der Waals surface area contributed by atoms with Crippen LogP contribution >= 0.6 is 11.6 Å². The molecule has 0 saturated carbocycles. The minimum atomic E-state index is -0.109. The van der Waals surface area contributed by atoms with E-state index in [1.165, 1.54) is 0 Å². The first-order chi connectivity index (χ1) is 11.1. The van der Waals surface area contributed by atoms with Gasteiger partial charge in [0.15, 0.2) is 0 Å². The van der Waals surface area contributed by atoms with Crippen molar-refractivity contribution < 1.29 is 4.74 Å². The van der Waals surface area contributed by atoms with Crippen LogP contribution < -0.4 is 10.3 Å². The molecule has 0 atom stereocenters. The Morgan fingerprint density at radius 3 is 2.65 bits per heavy atom. The molecular formula is C18H17ClN2O2. The van der Waals surface area contributed by atoms with E-state index in [9.17, 15) is 4.79 Å². The molecule has 0 unspecified atom stereocenters. The molecule has 0 aliphatic rings. The molecule has 5 heteroatoms. The molecule has 0 N–H and O–H groups in total. The van der Waals surface area contributed by atoms with Crippen molar-refractivity contribution in [1.29, 1.82) is 0 Å². The number of halogens is 1. The number of ether oxygens (including phenoxy) is 1. The Morgan fingerprint density at radius 2 is 1.91 bits per heavy atom. The molecule has 3 rings (SSSR count). The molecule has 4 nitrogen and oxygen atoms in total. The molecule has 3 aromatic rings. The number of hydrogen-bond donors (Lipinski definition) is 0. The Hall–Kier alpha value is -2.33. The molecule has 0 fully saturated rings. The van der Waals surface area contributed by atoms with Gasteiger partial charge in [-0.1, -0.05) is 29.8 Å². The SMILES string of the molecule is Cc1cccc(C)c1OCCn1cnc2ccc(Cl)cc2c1=O. The van der Waals surface area contributed by atoms with Gasteiger partial charge >= 0.3 is 0 Å². The van der Waals surface area contributed by atoms with Crippen molar-refractivity contribution in [2.45, 2.75) is 20.4 Å². The zero-order valence-electron chi connectivity index (χ0n) is 13.0. The van der Waals surface area contributed by atoms with Crippen LogP contribution in [0.5, 0.6) is 5.75 Å². The van der Waals surface area contributed by atoms with Crippen LogP contribution in [0.4, 0.5) is 0 Å². The normalized spacial score (nSPS) is 10.9. The lowest BCUT2D eigenvalue weighted by Gasteiger charge is -2.12. The maximum atomic E-state index is 12.5. The molecule has 0 amide bonds. The van der Waals surface area contributed by atoms with E-state index in [0.29, 0.717) is 29.1 Å². The summed E-state index contributed by atoms with van der Waals surface area (Å²) in [6, 6.07) is 11.1. The average Bonchev–Trinajstić information content (AvgIpc) is 2.53. The highest BCUT2D eigenvalue weighted by molar-refractivity contribution is 6.31. The van der Waals surface area contributed by atoms with Crippen LogP contribution in [0.15, 0.2) is 47.5 Å². The summed E-state index contributed by atoms with van der Waals surface area (Å²) >= 11 is 5.96. The minimum absolute atomic E-state index is 0.109. The van der Waals surface area contributed by atoms with Crippen molar-refractivity contribution in [3.63, 3.8) is 0 Å². The lowest BCUT2D eigenvalue weighted by molar-refractivity contribution is 0.292. The van der Waals surface area contributed by atoms with Crippen LogP contribution in [0.2, 0.25) is 5.02 Å². The van der Waals surface area contributed by atoms with Gasteiger partial charge in [0.05, 0.1) is 23.8 Å². The molecule has 0 aliphatic carbocycles. The van der Waals surface area contributed by atoms with Gasteiger partial charge in [-0.25, -0.2) is 4.98 Å². The van der Waals surface area contributed by atoms with Crippen molar-refractivity contribution in [3.8, 4) is 5.75 Å². The molecule has 1 aromatic heterocycles. The summed E-state index contributed by atoms with van der Waals surface area (Å²) in [7, 11) is 0. The van der Waals surface area contributed by atoms with Gasteiger partial charge in [0.25, 0.3) is 5.56 Å². The minimum Gasteiger partial charge on any atom is -0.491 e. The van der Waals surface area contributed by atoms with E-state index in [4.69, 9.17) is 16.3 Å². The number of aromatic nitrogens is 2. The number of rotatable bonds is 4. The number of para-hydroxylation sites is 1. The van der Waals surface area contributed by atoms with Crippen molar-refractivity contribution >= 4 is 22.5 Å². The van der Waals surface area contributed by atoms with E-state index in [0.717, 1.165) is 16.9 Å². The van der Waals surface area contributed by atoms with Gasteiger partial charge in [-0.05, 0) is 43.2 Å². The third kappa shape index (κ3) is 3.22. The van der Waals surface area contributed by atoms with Crippen molar-refractivity contribution in [2.24, 2.45) is 0 Å². The van der Waals surface area contributed by atoms with Gasteiger partial charge in [-0.3, -0.25) is 9.36 Å². The molecular weight excluding hydrogens is 312 g/mol. The van der Waals surface area contributed by atoms with E-state index < -0.39 is 0 Å². The number of aryl methyl sites for hydroxylation is 2. The fraction of sp³-hybridized carbons (Fsp3) is 0.222. The third-order valence-electron chi connectivity index (χ3n) is 3.77. The Morgan fingerprint density at radius 1 is 1.17 bits per heavy atom. The van der Waals surface area contributed by atoms with Gasteiger partial charge in [-0.15, -0.1) is 0 Å². The zero-order valence-corrected chi connectivity index (χ0v) is 13.8. The van der Waals surface area contributed by atoms with Crippen molar-refractivity contribution in [2.75, 3.05) is 6.61 Å². The summed E-state index contributed by atoms with van der Waals surface area (Å²) in [4.78, 5) is 16.8. The van der Waals surface area contributed by atoms with Crippen LogP contribution in [0, 0.1) is 13.8 Å². The molecule has 2 aromatic carbocycles.